The Morgan fingerprint density at radius 3 is 2.64 bits per heavy atom. The van der Waals surface area contributed by atoms with Gasteiger partial charge in [-0.15, -0.1) is 12.4 Å². The lowest BCUT2D eigenvalue weighted by atomic mass is 10.4. The van der Waals surface area contributed by atoms with Crippen molar-refractivity contribution < 1.29 is 9.34 Å². The van der Waals surface area contributed by atoms with Crippen molar-refractivity contribution in [2.45, 2.75) is 12.3 Å². The third-order valence-electron chi connectivity index (χ3n) is 2.68. The van der Waals surface area contributed by atoms with Gasteiger partial charge in [0.25, 0.3) is 6.20 Å². The van der Waals surface area contributed by atoms with Gasteiger partial charge in [-0.05, 0) is 26.2 Å². The van der Waals surface area contributed by atoms with E-state index in [2.05, 4.69) is 4.90 Å². The lowest BCUT2D eigenvalue weighted by Crippen LogP contribution is -2.26. The molecule has 7 nitrogen and oxygen atoms in total. The Morgan fingerprint density at radius 2 is 2.05 bits per heavy atom. The molecule has 0 radical (unpaired) electrons. The molecule has 0 aliphatic carbocycles. The Labute approximate surface area is 141 Å². The van der Waals surface area contributed by atoms with Crippen molar-refractivity contribution in [1.29, 1.82) is 0 Å². The summed E-state index contributed by atoms with van der Waals surface area (Å²) in [5.41, 5.74) is 5.57. The Balaban J connectivity index is 0.00000441. The molecule has 0 aliphatic rings. The maximum Gasteiger partial charge on any atom is 0.274 e. The summed E-state index contributed by atoms with van der Waals surface area (Å²) >= 11 is 1.70. The average Bonchev–Trinajstić information content (AvgIpc) is 2.80. The number of halogens is 1. The van der Waals surface area contributed by atoms with Gasteiger partial charge in [0.1, 0.15) is 11.5 Å². The summed E-state index contributed by atoms with van der Waals surface area (Å²) in [5, 5.41) is 10.3. The molecule has 1 aromatic heterocycles. The Hall–Kier alpha value is -1.38. The van der Waals surface area contributed by atoms with E-state index in [1.807, 2.05) is 26.2 Å². The number of rotatable bonds is 9. The molecule has 0 bridgehead atoms. The number of hydrogen-bond acceptors (Lipinski definition) is 7. The zero-order valence-corrected chi connectivity index (χ0v) is 14.7. The predicted octanol–water partition coefficient (Wildman–Crippen LogP) is 1.96. The molecule has 126 valence electrons. The summed E-state index contributed by atoms with van der Waals surface area (Å²) in [6, 6.07) is 3.97. The van der Waals surface area contributed by atoms with E-state index in [0.717, 1.165) is 35.8 Å². The highest BCUT2D eigenvalue weighted by molar-refractivity contribution is 7.98. The van der Waals surface area contributed by atoms with E-state index in [9.17, 15) is 10.1 Å². The van der Waals surface area contributed by atoms with Gasteiger partial charge in [0.2, 0.25) is 0 Å². The van der Waals surface area contributed by atoms with Crippen LogP contribution in [0.4, 0.5) is 0 Å². The smallest absolute Gasteiger partial charge is 0.274 e. The van der Waals surface area contributed by atoms with Crippen molar-refractivity contribution in [3.63, 3.8) is 0 Å². The molecular formula is C13H23ClN4O3S. The number of thioether (sulfide) groups is 1. The highest BCUT2D eigenvalue weighted by atomic mass is 35.5. The summed E-state index contributed by atoms with van der Waals surface area (Å²) in [6.45, 7) is 1.43. The van der Waals surface area contributed by atoms with E-state index in [0.29, 0.717) is 6.54 Å². The van der Waals surface area contributed by atoms with E-state index in [1.54, 1.807) is 23.7 Å². The van der Waals surface area contributed by atoms with E-state index in [-0.39, 0.29) is 18.2 Å². The first-order valence-electron chi connectivity index (χ1n) is 6.50. The van der Waals surface area contributed by atoms with Crippen LogP contribution in [-0.4, -0.2) is 48.2 Å². The van der Waals surface area contributed by atoms with Crippen LogP contribution in [-0.2, 0) is 12.3 Å². The van der Waals surface area contributed by atoms with Gasteiger partial charge >= 0.3 is 0 Å². The summed E-state index contributed by atoms with van der Waals surface area (Å²) in [5.74, 6) is 3.64. The second-order valence-corrected chi connectivity index (χ2v) is 6.02. The van der Waals surface area contributed by atoms with Crippen molar-refractivity contribution in [2.75, 3.05) is 33.4 Å². The number of nitrogens with two attached hydrogens (primary N) is 1. The summed E-state index contributed by atoms with van der Waals surface area (Å²) < 4.78 is 5.70. The van der Waals surface area contributed by atoms with Gasteiger partial charge in [-0.2, -0.15) is 11.8 Å². The van der Waals surface area contributed by atoms with Crippen molar-refractivity contribution in [3.05, 3.63) is 45.8 Å². The molecule has 0 saturated carbocycles. The molecule has 0 atom stereocenters. The normalized spacial score (nSPS) is 11.4. The quantitative estimate of drug-likeness (QED) is 0.413. The SMILES string of the molecule is CN(C)Cc1ccc(CSCCN(C)/C(N)=C\[N+](=O)[O-])o1.Cl. The maximum absolute atomic E-state index is 10.3. The van der Waals surface area contributed by atoms with Gasteiger partial charge in [-0.25, -0.2) is 0 Å². The lowest BCUT2D eigenvalue weighted by Gasteiger charge is -2.16. The molecule has 0 saturated heterocycles. The average molecular weight is 351 g/mol. The van der Waals surface area contributed by atoms with Crippen molar-refractivity contribution in [3.8, 4) is 0 Å². The third kappa shape index (κ3) is 8.16. The van der Waals surface area contributed by atoms with Crippen LogP contribution >= 0.6 is 24.2 Å². The fourth-order valence-corrected chi connectivity index (χ4v) is 2.51. The molecule has 0 aliphatic heterocycles. The van der Waals surface area contributed by atoms with E-state index in [4.69, 9.17) is 10.2 Å². The molecule has 9 heteroatoms. The first kappa shape index (κ1) is 20.6. The Bertz CT molecular complexity index is 493. The molecule has 0 spiro atoms. The van der Waals surface area contributed by atoms with Gasteiger partial charge in [-0.1, -0.05) is 0 Å². The van der Waals surface area contributed by atoms with Gasteiger partial charge in [0.05, 0.1) is 17.2 Å². The molecule has 0 unspecified atom stereocenters. The van der Waals surface area contributed by atoms with Crippen LogP contribution in [0.3, 0.4) is 0 Å². The minimum absolute atomic E-state index is 0. The summed E-state index contributed by atoms with van der Waals surface area (Å²) in [4.78, 5) is 13.5. The second kappa shape index (κ2) is 10.4. The van der Waals surface area contributed by atoms with Crippen molar-refractivity contribution in [1.82, 2.24) is 9.80 Å². The number of nitrogens with zero attached hydrogens (tertiary/aromatic N) is 3. The fourth-order valence-electron chi connectivity index (χ4n) is 1.61. The lowest BCUT2D eigenvalue weighted by molar-refractivity contribution is -0.404. The zero-order valence-electron chi connectivity index (χ0n) is 13.0. The van der Waals surface area contributed by atoms with Crippen LogP contribution in [0, 0.1) is 10.1 Å². The standard InChI is InChI=1S/C13H22N4O3S.ClH/c1-15(2)8-11-4-5-12(20-11)10-21-7-6-16(3)13(14)9-17(18)19;/h4-5,9H,6-8,10,14H2,1-3H3;1H/b13-9-;. The highest BCUT2D eigenvalue weighted by Gasteiger charge is 2.06. The Morgan fingerprint density at radius 1 is 1.41 bits per heavy atom. The van der Waals surface area contributed by atoms with Crippen LogP contribution < -0.4 is 5.73 Å². The third-order valence-corrected chi connectivity index (χ3v) is 3.64. The molecule has 0 fully saturated rings. The van der Waals surface area contributed by atoms with Crippen LogP contribution in [0.15, 0.2) is 28.6 Å². The van der Waals surface area contributed by atoms with E-state index in [1.165, 1.54) is 0 Å². The summed E-state index contributed by atoms with van der Waals surface area (Å²) in [6.07, 6.45) is 0.810. The van der Waals surface area contributed by atoms with Crippen LogP contribution in [0.25, 0.3) is 0 Å². The largest absolute Gasteiger partial charge is 0.464 e. The van der Waals surface area contributed by atoms with Gasteiger partial charge < -0.3 is 20.0 Å². The predicted molar refractivity (Wildman–Crippen MR) is 91.4 cm³/mol. The number of hydrogen-bond donors (Lipinski definition) is 1. The Kier molecular flexibility index (Phi) is 9.71. The topological polar surface area (TPSA) is 88.8 Å². The molecule has 0 aromatic carbocycles. The maximum atomic E-state index is 10.3. The molecule has 1 rings (SSSR count). The van der Waals surface area contributed by atoms with E-state index < -0.39 is 4.92 Å². The molecular weight excluding hydrogens is 328 g/mol. The second-order valence-electron chi connectivity index (χ2n) is 4.92. The number of nitro groups is 1. The van der Waals surface area contributed by atoms with Gasteiger partial charge in [0, 0.05) is 19.3 Å². The molecule has 22 heavy (non-hydrogen) atoms. The monoisotopic (exact) mass is 350 g/mol. The molecule has 1 heterocycles. The van der Waals surface area contributed by atoms with Gasteiger partial charge in [0.15, 0.2) is 5.82 Å². The van der Waals surface area contributed by atoms with Crippen molar-refractivity contribution in [2.24, 2.45) is 5.73 Å². The van der Waals surface area contributed by atoms with Crippen LogP contribution in [0.5, 0.6) is 0 Å². The molecule has 1 aromatic rings. The highest BCUT2D eigenvalue weighted by Crippen LogP contribution is 2.16. The molecule has 0 amide bonds. The zero-order chi connectivity index (χ0) is 15.8. The minimum Gasteiger partial charge on any atom is -0.464 e. The fraction of sp³-hybridized carbons (Fsp3) is 0.538. The summed E-state index contributed by atoms with van der Waals surface area (Å²) in [7, 11) is 5.73. The van der Waals surface area contributed by atoms with E-state index >= 15 is 0 Å². The minimum atomic E-state index is -0.548. The van der Waals surface area contributed by atoms with Gasteiger partial charge in [-0.3, -0.25) is 10.1 Å². The van der Waals surface area contributed by atoms with Crippen LogP contribution in [0.1, 0.15) is 11.5 Å². The first-order chi connectivity index (χ1) is 9.88. The van der Waals surface area contributed by atoms with Crippen molar-refractivity contribution >= 4 is 24.2 Å². The van der Waals surface area contributed by atoms with Crippen LogP contribution in [0.2, 0.25) is 0 Å². The molecule has 2 N–H and O–H groups in total. The number of furan rings is 1. The first-order valence-corrected chi connectivity index (χ1v) is 7.66.